The number of nitrogens with zero attached hydrogens (tertiary/aromatic N) is 1. The SMILES string of the molecule is Cc1ccc([N+](=O)[O-])c(NC(=O)COC(=O)c2ccccc2OC(F)F)c1C. The van der Waals surface area contributed by atoms with Gasteiger partial charge in [0.1, 0.15) is 17.0 Å². The van der Waals surface area contributed by atoms with E-state index >= 15 is 0 Å². The Morgan fingerprint density at radius 1 is 1.18 bits per heavy atom. The molecule has 0 aliphatic carbocycles. The van der Waals surface area contributed by atoms with Gasteiger partial charge in [0.05, 0.1) is 4.92 Å². The highest BCUT2D eigenvalue weighted by atomic mass is 19.3. The number of alkyl halides is 2. The number of nitro groups is 1. The van der Waals surface area contributed by atoms with Crippen LogP contribution in [0, 0.1) is 24.0 Å². The number of anilines is 1. The van der Waals surface area contributed by atoms with Gasteiger partial charge in [-0.1, -0.05) is 18.2 Å². The van der Waals surface area contributed by atoms with Crippen molar-refractivity contribution in [3.05, 3.63) is 63.2 Å². The van der Waals surface area contributed by atoms with Crippen LogP contribution in [0.4, 0.5) is 20.2 Å². The first-order valence-electron chi connectivity index (χ1n) is 7.96. The first kappa shape index (κ1) is 20.7. The van der Waals surface area contributed by atoms with Crippen molar-refractivity contribution < 1.29 is 32.8 Å². The molecule has 2 aromatic carbocycles. The van der Waals surface area contributed by atoms with Crippen molar-refractivity contribution in [1.29, 1.82) is 0 Å². The van der Waals surface area contributed by atoms with Crippen LogP contribution in [0.1, 0.15) is 21.5 Å². The summed E-state index contributed by atoms with van der Waals surface area (Å²) in [5.41, 5.74) is 0.611. The Hall–Kier alpha value is -3.56. The maximum atomic E-state index is 12.4. The maximum Gasteiger partial charge on any atom is 0.387 e. The molecule has 0 saturated heterocycles. The van der Waals surface area contributed by atoms with Crippen LogP contribution in [0.25, 0.3) is 0 Å². The zero-order valence-corrected chi connectivity index (χ0v) is 14.9. The zero-order chi connectivity index (χ0) is 20.8. The lowest BCUT2D eigenvalue weighted by atomic mass is 10.1. The molecule has 2 aromatic rings. The standard InChI is InChI=1S/C18H16F2N2O6/c1-10-7-8-13(22(25)26)16(11(10)2)21-15(23)9-27-17(24)12-5-3-4-6-14(12)28-18(19)20/h3-8,18H,9H2,1-2H3,(H,21,23). The van der Waals surface area contributed by atoms with Gasteiger partial charge in [-0.15, -0.1) is 0 Å². The number of hydrogen-bond acceptors (Lipinski definition) is 6. The summed E-state index contributed by atoms with van der Waals surface area (Å²) in [5.74, 6) is -2.27. The molecule has 0 unspecified atom stereocenters. The molecule has 0 aliphatic rings. The third-order valence-electron chi connectivity index (χ3n) is 3.83. The van der Waals surface area contributed by atoms with Gasteiger partial charge < -0.3 is 14.8 Å². The highest BCUT2D eigenvalue weighted by Gasteiger charge is 2.21. The van der Waals surface area contributed by atoms with E-state index in [-0.39, 0.29) is 16.9 Å². The molecule has 0 saturated carbocycles. The molecule has 0 spiro atoms. The number of carbonyl (C=O) groups excluding carboxylic acids is 2. The molecule has 0 fully saturated rings. The van der Waals surface area contributed by atoms with Crippen molar-refractivity contribution in [2.75, 3.05) is 11.9 Å². The summed E-state index contributed by atoms with van der Waals surface area (Å²) in [6.45, 7) is -0.592. The van der Waals surface area contributed by atoms with E-state index in [9.17, 15) is 28.5 Å². The van der Waals surface area contributed by atoms with Crippen LogP contribution in [-0.4, -0.2) is 30.0 Å². The minimum Gasteiger partial charge on any atom is -0.452 e. The number of nitrogens with one attached hydrogen (secondary N) is 1. The fourth-order valence-corrected chi connectivity index (χ4v) is 2.33. The fourth-order valence-electron chi connectivity index (χ4n) is 2.33. The average molecular weight is 394 g/mol. The molecule has 2 rings (SSSR count). The lowest BCUT2D eigenvalue weighted by molar-refractivity contribution is -0.384. The molecule has 10 heteroatoms. The van der Waals surface area contributed by atoms with Gasteiger partial charge in [-0.2, -0.15) is 8.78 Å². The minimum absolute atomic E-state index is 0.00696. The van der Waals surface area contributed by atoms with Crippen molar-refractivity contribution in [2.45, 2.75) is 20.5 Å². The number of para-hydroxylation sites is 1. The molecule has 1 amide bonds. The molecule has 0 atom stereocenters. The van der Waals surface area contributed by atoms with E-state index < -0.39 is 35.8 Å². The smallest absolute Gasteiger partial charge is 0.387 e. The molecule has 28 heavy (non-hydrogen) atoms. The van der Waals surface area contributed by atoms with Crippen LogP contribution < -0.4 is 10.1 Å². The Bertz CT molecular complexity index is 917. The van der Waals surface area contributed by atoms with Crippen LogP contribution in [0.5, 0.6) is 5.75 Å². The number of esters is 1. The number of carbonyl (C=O) groups is 2. The Kier molecular flexibility index (Phi) is 6.59. The summed E-state index contributed by atoms with van der Waals surface area (Å²) in [7, 11) is 0. The predicted octanol–water partition coefficient (Wildman–Crippen LogP) is 3.61. The van der Waals surface area contributed by atoms with E-state index in [1.807, 2.05) is 0 Å². The Morgan fingerprint density at radius 2 is 1.86 bits per heavy atom. The number of aryl methyl sites for hydroxylation is 1. The van der Waals surface area contributed by atoms with Crippen molar-refractivity contribution in [2.24, 2.45) is 0 Å². The van der Waals surface area contributed by atoms with Gasteiger partial charge in [0.2, 0.25) is 0 Å². The molecule has 8 nitrogen and oxygen atoms in total. The maximum absolute atomic E-state index is 12.4. The van der Waals surface area contributed by atoms with Gasteiger partial charge in [-0.25, -0.2) is 4.79 Å². The first-order chi connectivity index (χ1) is 13.2. The second kappa shape index (κ2) is 8.89. The van der Waals surface area contributed by atoms with Crippen LogP contribution in [-0.2, 0) is 9.53 Å². The van der Waals surface area contributed by atoms with Crippen molar-refractivity contribution in [3.8, 4) is 5.75 Å². The average Bonchev–Trinajstić information content (AvgIpc) is 2.63. The Morgan fingerprint density at radius 3 is 2.50 bits per heavy atom. The normalized spacial score (nSPS) is 10.5. The van der Waals surface area contributed by atoms with Gasteiger partial charge >= 0.3 is 12.6 Å². The number of ether oxygens (including phenoxy) is 2. The Labute approximate surface area is 158 Å². The van der Waals surface area contributed by atoms with Gasteiger partial charge in [-0.05, 0) is 37.1 Å². The summed E-state index contributed by atoms with van der Waals surface area (Å²) in [6, 6.07) is 7.95. The topological polar surface area (TPSA) is 108 Å². The predicted molar refractivity (Wildman–Crippen MR) is 94.6 cm³/mol. The molecule has 148 valence electrons. The fraction of sp³-hybridized carbons (Fsp3) is 0.222. The van der Waals surface area contributed by atoms with E-state index in [0.29, 0.717) is 5.56 Å². The molecule has 0 aromatic heterocycles. The number of amides is 1. The number of halogens is 2. The minimum atomic E-state index is -3.14. The molecule has 0 heterocycles. The van der Waals surface area contributed by atoms with Gasteiger partial charge in [0, 0.05) is 6.07 Å². The van der Waals surface area contributed by atoms with E-state index in [2.05, 4.69) is 10.1 Å². The van der Waals surface area contributed by atoms with E-state index in [1.165, 1.54) is 24.3 Å². The number of rotatable bonds is 7. The van der Waals surface area contributed by atoms with Crippen LogP contribution in [0.2, 0.25) is 0 Å². The summed E-state index contributed by atoms with van der Waals surface area (Å²) < 4.78 is 33.8. The number of hydrogen-bond donors (Lipinski definition) is 1. The van der Waals surface area contributed by atoms with E-state index in [1.54, 1.807) is 19.9 Å². The lowest BCUT2D eigenvalue weighted by Gasteiger charge is -2.12. The first-order valence-corrected chi connectivity index (χ1v) is 7.96. The molecular formula is C18H16F2N2O6. The second-order valence-corrected chi connectivity index (χ2v) is 5.66. The summed E-state index contributed by atoms with van der Waals surface area (Å²) in [5, 5.41) is 13.5. The zero-order valence-electron chi connectivity index (χ0n) is 14.9. The third-order valence-corrected chi connectivity index (χ3v) is 3.83. The highest BCUT2D eigenvalue weighted by molar-refractivity contribution is 5.98. The van der Waals surface area contributed by atoms with Crippen LogP contribution >= 0.6 is 0 Å². The van der Waals surface area contributed by atoms with Crippen molar-refractivity contribution in [3.63, 3.8) is 0 Å². The van der Waals surface area contributed by atoms with Gasteiger partial charge in [0.15, 0.2) is 6.61 Å². The summed E-state index contributed by atoms with van der Waals surface area (Å²) in [6.07, 6.45) is 0. The Balaban J connectivity index is 2.09. The van der Waals surface area contributed by atoms with Crippen LogP contribution in [0.3, 0.4) is 0 Å². The number of benzene rings is 2. The second-order valence-electron chi connectivity index (χ2n) is 5.66. The van der Waals surface area contributed by atoms with E-state index in [0.717, 1.165) is 11.6 Å². The molecule has 0 bridgehead atoms. The summed E-state index contributed by atoms with van der Waals surface area (Å²) in [4.78, 5) is 34.6. The number of nitro benzene ring substituents is 1. The van der Waals surface area contributed by atoms with Gasteiger partial charge in [0.25, 0.3) is 11.6 Å². The highest BCUT2D eigenvalue weighted by Crippen LogP contribution is 2.30. The molecule has 0 aliphatic heterocycles. The largest absolute Gasteiger partial charge is 0.452 e. The van der Waals surface area contributed by atoms with Crippen LogP contribution in [0.15, 0.2) is 36.4 Å². The molecule has 1 N–H and O–H groups in total. The van der Waals surface area contributed by atoms with Crippen molar-refractivity contribution in [1.82, 2.24) is 0 Å². The quantitative estimate of drug-likeness (QED) is 0.437. The van der Waals surface area contributed by atoms with Gasteiger partial charge in [-0.3, -0.25) is 14.9 Å². The molecule has 0 radical (unpaired) electrons. The lowest BCUT2D eigenvalue weighted by Crippen LogP contribution is -2.22. The summed E-state index contributed by atoms with van der Waals surface area (Å²) >= 11 is 0. The monoisotopic (exact) mass is 394 g/mol. The van der Waals surface area contributed by atoms with Crippen molar-refractivity contribution >= 4 is 23.3 Å². The third kappa shape index (κ3) is 5.00. The van der Waals surface area contributed by atoms with E-state index in [4.69, 9.17) is 4.74 Å². The molecular weight excluding hydrogens is 378 g/mol.